The normalized spacial score (nSPS) is 11.9. The lowest BCUT2D eigenvalue weighted by Gasteiger charge is -2.15. The first-order chi connectivity index (χ1) is 9.85. The van der Waals surface area contributed by atoms with Crippen LogP contribution < -0.4 is 4.74 Å². The Bertz CT molecular complexity index is 483. The summed E-state index contributed by atoms with van der Waals surface area (Å²) >= 11 is 0. The summed E-state index contributed by atoms with van der Waals surface area (Å²) in [5.74, 6) is -4.67. The zero-order chi connectivity index (χ0) is 15.9. The summed E-state index contributed by atoms with van der Waals surface area (Å²) in [6.45, 7) is 0.532. The molecule has 0 spiro atoms. The van der Waals surface area contributed by atoms with Gasteiger partial charge < -0.3 is 9.47 Å². The lowest BCUT2D eigenvalue weighted by Crippen LogP contribution is -2.33. The molecule has 21 heavy (non-hydrogen) atoms. The maximum absolute atomic E-state index is 12.7. The van der Waals surface area contributed by atoms with Crippen molar-refractivity contribution >= 4 is 12.0 Å². The number of halogens is 4. The number of alkyl halides is 4. The standard InChI is InChI=1S/C14H14F4O3/c1-2-20-12(19)8-5-10-3-6-11(7-4-10)21-9-14(17,18)13(15)16/h3-8,13H,2,9H2,1H3. The Kier molecular flexibility index (Phi) is 6.20. The maximum Gasteiger partial charge on any atom is 0.340 e. The molecule has 0 N–H and O–H groups in total. The molecule has 0 atom stereocenters. The second-order valence-electron chi connectivity index (χ2n) is 4.00. The topological polar surface area (TPSA) is 35.5 Å². The van der Waals surface area contributed by atoms with E-state index in [9.17, 15) is 22.4 Å². The number of ether oxygens (including phenoxy) is 2. The van der Waals surface area contributed by atoms with Crippen molar-refractivity contribution in [1.29, 1.82) is 0 Å². The minimum absolute atomic E-state index is 0.0311. The van der Waals surface area contributed by atoms with Gasteiger partial charge in [-0.2, -0.15) is 8.78 Å². The van der Waals surface area contributed by atoms with E-state index in [1.165, 1.54) is 36.4 Å². The monoisotopic (exact) mass is 306 g/mol. The van der Waals surface area contributed by atoms with E-state index < -0.39 is 24.9 Å². The van der Waals surface area contributed by atoms with Crippen LogP contribution in [-0.4, -0.2) is 31.5 Å². The van der Waals surface area contributed by atoms with Crippen LogP contribution in [0.1, 0.15) is 12.5 Å². The number of carbonyl (C=O) groups excluding carboxylic acids is 1. The zero-order valence-electron chi connectivity index (χ0n) is 11.2. The number of hydrogen-bond donors (Lipinski definition) is 0. The predicted molar refractivity (Wildman–Crippen MR) is 68.6 cm³/mol. The molecule has 1 aromatic rings. The smallest absolute Gasteiger partial charge is 0.340 e. The van der Waals surface area contributed by atoms with Gasteiger partial charge in [0, 0.05) is 6.08 Å². The van der Waals surface area contributed by atoms with Crippen LogP contribution in [0.25, 0.3) is 6.08 Å². The summed E-state index contributed by atoms with van der Waals surface area (Å²) in [5, 5.41) is 0. The van der Waals surface area contributed by atoms with Gasteiger partial charge in [0.15, 0.2) is 6.61 Å². The number of hydrogen-bond acceptors (Lipinski definition) is 3. The van der Waals surface area contributed by atoms with E-state index >= 15 is 0 Å². The van der Waals surface area contributed by atoms with Crippen molar-refractivity contribution in [2.24, 2.45) is 0 Å². The summed E-state index contributed by atoms with van der Waals surface area (Å²) < 4.78 is 58.5. The van der Waals surface area contributed by atoms with Crippen LogP contribution in [0.3, 0.4) is 0 Å². The summed E-state index contributed by atoms with van der Waals surface area (Å²) in [6, 6.07) is 5.66. The first-order valence-electron chi connectivity index (χ1n) is 6.09. The summed E-state index contributed by atoms with van der Waals surface area (Å²) in [5.41, 5.74) is 0.607. The van der Waals surface area contributed by atoms with Crippen LogP contribution in [0.5, 0.6) is 5.75 Å². The molecule has 0 amide bonds. The van der Waals surface area contributed by atoms with Crippen LogP contribution in [0.2, 0.25) is 0 Å². The molecule has 0 fully saturated rings. The molecule has 0 saturated heterocycles. The van der Waals surface area contributed by atoms with Crippen molar-refractivity contribution < 1.29 is 31.8 Å². The first kappa shape index (κ1) is 17.0. The minimum Gasteiger partial charge on any atom is -0.487 e. The number of esters is 1. The van der Waals surface area contributed by atoms with Crippen molar-refractivity contribution in [2.75, 3.05) is 13.2 Å². The highest BCUT2D eigenvalue weighted by molar-refractivity contribution is 5.87. The second kappa shape index (κ2) is 7.66. The Morgan fingerprint density at radius 1 is 1.29 bits per heavy atom. The lowest BCUT2D eigenvalue weighted by molar-refractivity contribution is -0.148. The minimum atomic E-state index is -4.19. The van der Waals surface area contributed by atoms with E-state index in [2.05, 4.69) is 9.47 Å². The number of carbonyl (C=O) groups is 1. The molecule has 3 nitrogen and oxygen atoms in total. The van der Waals surface area contributed by atoms with E-state index in [1.54, 1.807) is 6.92 Å². The first-order valence-corrected chi connectivity index (χ1v) is 6.09. The third kappa shape index (κ3) is 5.85. The SMILES string of the molecule is CCOC(=O)C=Cc1ccc(OCC(F)(F)C(F)F)cc1. The van der Waals surface area contributed by atoms with Gasteiger partial charge in [0.2, 0.25) is 0 Å². The summed E-state index contributed by atoms with van der Waals surface area (Å²) in [4.78, 5) is 11.1. The molecule has 0 saturated carbocycles. The average Bonchev–Trinajstić information content (AvgIpc) is 2.44. The third-order valence-corrected chi connectivity index (χ3v) is 2.33. The van der Waals surface area contributed by atoms with E-state index in [0.29, 0.717) is 5.56 Å². The highest BCUT2D eigenvalue weighted by atomic mass is 19.3. The molecule has 0 radical (unpaired) electrons. The van der Waals surface area contributed by atoms with Gasteiger partial charge in [0.1, 0.15) is 5.75 Å². The molecule has 0 aliphatic carbocycles. The van der Waals surface area contributed by atoms with E-state index in [0.717, 1.165) is 0 Å². The van der Waals surface area contributed by atoms with Gasteiger partial charge in [-0.15, -0.1) is 0 Å². The van der Waals surface area contributed by atoms with Gasteiger partial charge in [0.25, 0.3) is 0 Å². The quantitative estimate of drug-likeness (QED) is 0.439. The van der Waals surface area contributed by atoms with Crippen molar-refractivity contribution in [3.63, 3.8) is 0 Å². The van der Waals surface area contributed by atoms with E-state index in [-0.39, 0.29) is 12.4 Å². The van der Waals surface area contributed by atoms with Gasteiger partial charge in [-0.05, 0) is 30.7 Å². The van der Waals surface area contributed by atoms with Gasteiger partial charge in [-0.25, -0.2) is 13.6 Å². The van der Waals surface area contributed by atoms with Gasteiger partial charge in [0.05, 0.1) is 6.61 Å². The van der Waals surface area contributed by atoms with Crippen LogP contribution >= 0.6 is 0 Å². The van der Waals surface area contributed by atoms with Crippen LogP contribution in [0.15, 0.2) is 30.3 Å². The van der Waals surface area contributed by atoms with Gasteiger partial charge in [-0.3, -0.25) is 0 Å². The lowest BCUT2D eigenvalue weighted by atomic mass is 10.2. The molecule has 0 unspecified atom stereocenters. The second-order valence-corrected chi connectivity index (χ2v) is 4.00. The fourth-order valence-electron chi connectivity index (χ4n) is 1.27. The molecule has 0 bridgehead atoms. The molecule has 0 aliphatic rings. The number of rotatable bonds is 7. The Hall–Kier alpha value is -2.05. The van der Waals surface area contributed by atoms with Crippen LogP contribution in [0.4, 0.5) is 17.6 Å². The largest absolute Gasteiger partial charge is 0.487 e. The Morgan fingerprint density at radius 3 is 2.43 bits per heavy atom. The maximum atomic E-state index is 12.7. The summed E-state index contributed by atoms with van der Waals surface area (Å²) in [6.07, 6.45) is -1.09. The molecule has 0 aliphatic heterocycles. The van der Waals surface area contributed by atoms with E-state index in [4.69, 9.17) is 0 Å². The van der Waals surface area contributed by atoms with Crippen molar-refractivity contribution in [3.05, 3.63) is 35.9 Å². The highest BCUT2D eigenvalue weighted by Gasteiger charge is 2.41. The van der Waals surface area contributed by atoms with Crippen LogP contribution in [-0.2, 0) is 9.53 Å². The molecule has 0 aromatic heterocycles. The molecule has 1 rings (SSSR count). The third-order valence-electron chi connectivity index (χ3n) is 2.33. The highest BCUT2D eigenvalue weighted by Crippen LogP contribution is 2.24. The molecule has 116 valence electrons. The molecule has 0 heterocycles. The zero-order valence-corrected chi connectivity index (χ0v) is 11.2. The van der Waals surface area contributed by atoms with Crippen molar-refractivity contribution in [1.82, 2.24) is 0 Å². The van der Waals surface area contributed by atoms with E-state index in [1.807, 2.05) is 0 Å². The summed E-state index contributed by atoms with van der Waals surface area (Å²) in [7, 11) is 0. The molecule has 7 heteroatoms. The fourth-order valence-corrected chi connectivity index (χ4v) is 1.27. The van der Waals surface area contributed by atoms with Gasteiger partial charge in [-0.1, -0.05) is 12.1 Å². The van der Waals surface area contributed by atoms with Crippen molar-refractivity contribution in [2.45, 2.75) is 19.3 Å². The Balaban J connectivity index is 2.56. The molecular weight excluding hydrogens is 292 g/mol. The van der Waals surface area contributed by atoms with Crippen LogP contribution in [0, 0.1) is 0 Å². The van der Waals surface area contributed by atoms with Crippen molar-refractivity contribution in [3.8, 4) is 5.75 Å². The average molecular weight is 306 g/mol. The molecule has 1 aromatic carbocycles. The Labute approximate surface area is 119 Å². The Morgan fingerprint density at radius 2 is 1.90 bits per heavy atom. The number of benzene rings is 1. The van der Waals surface area contributed by atoms with Gasteiger partial charge >= 0.3 is 18.3 Å². The fraction of sp³-hybridized carbons (Fsp3) is 0.357. The molecular formula is C14H14F4O3. The predicted octanol–water partition coefficient (Wildman–Crippen LogP) is 3.54.